The first kappa shape index (κ1) is 17.5. The number of hydrogen-bond acceptors (Lipinski definition) is 3. The van der Waals surface area contributed by atoms with Gasteiger partial charge in [-0.2, -0.15) is 0 Å². The molecule has 0 aromatic heterocycles. The highest BCUT2D eigenvalue weighted by Gasteiger charge is 2.25. The SMILES string of the molecule is CC(=O)c1c(C)ccc(C(=O)c2ccccc2)c1C(=O)c1ccccc1. The van der Waals surface area contributed by atoms with Crippen molar-refractivity contribution in [3.05, 3.63) is 106 Å². The minimum atomic E-state index is -0.321. The van der Waals surface area contributed by atoms with E-state index in [-0.39, 0.29) is 28.5 Å². The van der Waals surface area contributed by atoms with Crippen molar-refractivity contribution in [2.45, 2.75) is 13.8 Å². The van der Waals surface area contributed by atoms with Crippen LogP contribution in [0.4, 0.5) is 0 Å². The molecule has 0 aliphatic carbocycles. The maximum Gasteiger partial charge on any atom is 0.194 e. The van der Waals surface area contributed by atoms with Crippen molar-refractivity contribution in [2.75, 3.05) is 0 Å². The molecular weight excluding hydrogens is 324 g/mol. The second kappa shape index (κ2) is 7.28. The van der Waals surface area contributed by atoms with Crippen LogP contribution in [0, 0.1) is 6.92 Å². The van der Waals surface area contributed by atoms with E-state index >= 15 is 0 Å². The van der Waals surface area contributed by atoms with Gasteiger partial charge in [0.25, 0.3) is 0 Å². The van der Waals surface area contributed by atoms with E-state index in [9.17, 15) is 14.4 Å². The topological polar surface area (TPSA) is 51.2 Å². The first-order valence-electron chi connectivity index (χ1n) is 8.34. The van der Waals surface area contributed by atoms with E-state index in [4.69, 9.17) is 0 Å². The van der Waals surface area contributed by atoms with Crippen molar-refractivity contribution in [1.29, 1.82) is 0 Å². The van der Waals surface area contributed by atoms with E-state index < -0.39 is 0 Å². The van der Waals surface area contributed by atoms with Gasteiger partial charge in [0.1, 0.15) is 0 Å². The molecule has 3 aromatic rings. The van der Waals surface area contributed by atoms with Gasteiger partial charge in [0.15, 0.2) is 17.3 Å². The lowest BCUT2D eigenvalue weighted by Crippen LogP contribution is -2.17. The fourth-order valence-electron chi connectivity index (χ4n) is 3.06. The number of ketones is 3. The largest absolute Gasteiger partial charge is 0.294 e. The van der Waals surface area contributed by atoms with Gasteiger partial charge >= 0.3 is 0 Å². The van der Waals surface area contributed by atoms with Crippen molar-refractivity contribution in [2.24, 2.45) is 0 Å². The number of aryl methyl sites for hydroxylation is 1. The van der Waals surface area contributed by atoms with Crippen molar-refractivity contribution in [3.63, 3.8) is 0 Å². The van der Waals surface area contributed by atoms with Crippen LogP contribution in [0.25, 0.3) is 0 Å². The summed E-state index contributed by atoms with van der Waals surface area (Å²) in [5.74, 6) is -0.823. The number of Topliss-reactive ketones (excluding diaryl/α,β-unsaturated/α-hetero) is 1. The van der Waals surface area contributed by atoms with Crippen molar-refractivity contribution in [3.8, 4) is 0 Å². The Morgan fingerprint density at radius 2 is 1.12 bits per heavy atom. The second-order valence-corrected chi connectivity index (χ2v) is 6.13. The summed E-state index contributed by atoms with van der Waals surface area (Å²) in [6.07, 6.45) is 0. The van der Waals surface area contributed by atoms with Gasteiger partial charge in [0.2, 0.25) is 0 Å². The van der Waals surface area contributed by atoms with Gasteiger partial charge in [-0.15, -0.1) is 0 Å². The quantitative estimate of drug-likeness (QED) is 0.634. The predicted molar refractivity (Wildman–Crippen MR) is 101 cm³/mol. The van der Waals surface area contributed by atoms with Crippen LogP contribution in [0.5, 0.6) is 0 Å². The molecule has 3 heteroatoms. The second-order valence-electron chi connectivity index (χ2n) is 6.13. The molecule has 0 fully saturated rings. The van der Waals surface area contributed by atoms with Crippen molar-refractivity contribution < 1.29 is 14.4 Å². The number of hydrogen-bond donors (Lipinski definition) is 0. The Morgan fingerprint density at radius 3 is 1.62 bits per heavy atom. The molecule has 0 bridgehead atoms. The molecule has 0 amide bonds. The molecule has 0 N–H and O–H groups in total. The van der Waals surface area contributed by atoms with E-state index in [1.54, 1.807) is 67.6 Å². The summed E-state index contributed by atoms with van der Waals surface area (Å²) in [6, 6.07) is 20.8. The molecule has 0 aliphatic heterocycles. The third-order valence-corrected chi connectivity index (χ3v) is 4.31. The van der Waals surface area contributed by atoms with Gasteiger partial charge in [0, 0.05) is 27.8 Å². The van der Waals surface area contributed by atoms with Crippen LogP contribution < -0.4 is 0 Å². The maximum atomic E-state index is 13.2. The fourth-order valence-corrected chi connectivity index (χ4v) is 3.06. The number of benzene rings is 3. The Kier molecular flexibility index (Phi) is 4.90. The molecule has 0 saturated heterocycles. The molecule has 128 valence electrons. The van der Waals surface area contributed by atoms with Crippen LogP contribution in [0.15, 0.2) is 72.8 Å². The van der Waals surface area contributed by atoms with Gasteiger partial charge in [-0.25, -0.2) is 0 Å². The molecule has 26 heavy (non-hydrogen) atoms. The van der Waals surface area contributed by atoms with Crippen LogP contribution in [0.1, 0.15) is 54.7 Å². The Morgan fingerprint density at radius 1 is 0.615 bits per heavy atom. The molecule has 3 aromatic carbocycles. The first-order chi connectivity index (χ1) is 12.5. The number of rotatable bonds is 5. The Bertz CT molecular complexity index is 987. The standard InChI is InChI=1S/C23H18O3/c1-15-13-14-19(22(25)17-9-5-3-6-10-17)21(20(15)16(2)24)23(26)18-11-7-4-8-12-18/h3-14H,1-2H3. The van der Waals surface area contributed by atoms with E-state index in [2.05, 4.69) is 0 Å². The first-order valence-corrected chi connectivity index (χ1v) is 8.34. The monoisotopic (exact) mass is 342 g/mol. The average Bonchev–Trinajstić information content (AvgIpc) is 2.67. The Labute approximate surface area is 152 Å². The summed E-state index contributed by atoms with van der Waals surface area (Å²) in [5.41, 5.74) is 2.34. The smallest absolute Gasteiger partial charge is 0.194 e. The third kappa shape index (κ3) is 3.24. The zero-order valence-electron chi connectivity index (χ0n) is 14.7. The molecule has 0 atom stereocenters. The summed E-state index contributed by atoms with van der Waals surface area (Å²) >= 11 is 0. The van der Waals surface area contributed by atoms with Gasteiger partial charge in [0.05, 0.1) is 0 Å². The fraction of sp³-hybridized carbons (Fsp3) is 0.0870. The third-order valence-electron chi connectivity index (χ3n) is 4.31. The minimum Gasteiger partial charge on any atom is -0.294 e. The zero-order chi connectivity index (χ0) is 18.7. The minimum absolute atomic E-state index is 0.178. The summed E-state index contributed by atoms with van der Waals surface area (Å²) in [7, 11) is 0. The van der Waals surface area contributed by atoms with Crippen LogP contribution in [0.3, 0.4) is 0 Å². The summed E-state index contributed by atoms with van der Waals surface area (Å²) in [5, 5.41) is 0. The van der Waals surface area contributed by atoms with E-state index in [1.165, 1.54) is 6.92 Å². The highest BCUT2D eigenvalue weighted by molar-refractivity contribution is 6.23. The molecule has 3 rings (SSSR count). The summed E-state index contributed by atoms with van der Waals surface area (Å²) in [6.45, 7) is 3.19. The van der Waals surface area contributed by atoms with Gasteiger partial charge in [-0.05, 0) is 25.5 Å². The molecule has 3 nitrogen and oxygen atoms in total. The van der Waals surface area contributed by atoms with Crippen molar-refractivity contribution >= 4 is 17.3 Å². The average molecular weight is 342 g/mol. The van der Waals surface area contributed by atoms with E-state index in [0.717, 1.165) is 0 Å². The van der Waals surface area contributed by atoms with E-state index in [1.807, 2.05) is 12.1 Å². The zero-order valence-corrected chi connectivity index (χ0v) is 14.7. The molecule has 0 saturated carbocycles. The lowest BCUT2D eigenvalue weighted by Gasteiger charge is -2.14. The molecular formula is C23H18O3. The molecule has 0 spiro atoms. The summed E-state index contributed by atoms with van der Waals surface area (Å²) in [4.78, 5) is 38.5. The van der Waals surface area contributed by atoms with Crippen LogP contribution in [-0.4, -0.2) is 17.3 Å². The summed E-state index contributed by atoms with van der Waals surface area (Å²) < 4.78 is 0. The highest BCUT2D eigenvalue weighted by atomic mass is 16.1. The molecule has 0 aliphatic rings. The van der Waals surface area contributed by atoms with Gasteiger partial charge < -0.3 is 0 Å². The molecule has 0 heterocycles. The van der Waals surface area contributed by atoms with Crippen LogP contribution in [-0.2, 0) is 0 Å². The highest BCUT2D eigenvalue weighted by Crippen LogP contribution is 2.25. The normalized spacial score (nSPS) is 10.4. The van der Waals surface area contributed by atoms with Gasteiger partial charge in [-0.3, -0.25) is 14.4 Å². The maximum absolute atomic E-state index is 13.2. The Balaban J connectivity index is 2.26. The van der Waals surface area contributed by atoms with Crippen LogP contribution in [0.2, 0.25) is 0 Å². The molecule has 0 radical (unpaired) electrons. The number of carbonyl (C=O) groups excluding carboxylic acids is 3. The molecule has 0 unspecified atom stereocenters. The predicted octanol–water partition coefficient (Wildman–Crippen LogP) is 4.66. The van der Waals surface area contributed by atoms with Crippen LogP contribution >= 0.6 is 0 Å². The van der Waals surface area contributed by atoms with Crippen molar-refractivity contribution in [1.82, 2.24) is 0 Å². The van der Waals surface area contributed by atoms with Gasteiger partial charge in [-0.1, -0.05) is 66.7 Å². The Hall–Kier alpha value is -3.33. The van der Waals surface area contributed by atoms with E-state index in [0.29, 0.717) is 22.3 Å². The lowest BCUT2D eigenvalue weighted by molar-refractivity contribution is 0.0982. The number of carbonyl (C=O) groups is 3. The lowest BCUT2D eigenvalue weighted by atomic mass is 9.86.